The van der Waals surface area contributed by atoms with E-state index in [2.05, 4.69) is 15.3 Å². The molecule has 0 radical (unpaired) electrons. The van der Waals surface area contributed by atoms with Crippen LogP contribution in [0.2, 0.25) is 0 Å². The van der Waals surface area contributed by atoms with E-state index >= 15 is 0 Å². The Morgan fingerprint density at radius 2 is 1.87 bits per heavy atom. The molecule has 1 aliphatic rings. The van der Waals surface area contributed by atoms with Crippen molar-refractivity contribution in [2.24, 2.45) is 17.6 Å². The van der Waals surface area contributed by atoms with Crippen molar-refractivity contribution in [1.29, 1.82) is 0 Å². The van der Waals surface area contributed by atoms with Gasteiger partial charge in [-0.2, -0.15) is 0 Å². The number of carboxylic acids is 1. The summed E-state index contributed by atoms with van der Waals surface area (Å²) in [6.45, 7) is 0.683. The van der Waals surface area contributed by atoms with Gasteiger partial charge in [-0.1, -0.05) is 30.3 Å². The predicted molar refractivity (Wildman–Crippen MR) is 119 cm³/mol. The summed E-state index contributed by atoms with van der Waals surface area (Å²) in [5, 5.41) is 12.5. The standard InChI is InChI=1S/C24H28N4O3/c25-14-16-6-8-17(9-7-16)23(29)28-21(12-15-4-2-1-3-5-15)22-26-19-11-10-18(24(30)31)13-20(19)27-22/h1-5,10-11,13,16-17,21H,6-9,12,14,25H2,(H,26,27)(H,28,29)(H,30,31)/t16-,17-,21-/m0/s1. The number of carbonyl (C=O) groups is 2. The van der Waals surface area contributed by atoms with Gasteiger partial charge >= 0.3 is 5.97 Å². The van der Waals surface area contributed by atoms with Gasteiger partial charge in [0.2, 0.25) is 5.91 Å². The zero-order valence-corrected chi connectivity index (χ0v) is 17.4. The van der Waals surface area contributed by atoms with E-state index in [4.69, 9.17) is 5.73 Å². The zero-order valence-electron chi connectivity index (χ0n) is 17.4. The first-order chi connectivity index (χ1) is 15.0. The predicted octanol–water partition coefficient (Wildman–Crippen LogP) is 3.43. The van der Waals surface area contributed by atoms with Crippen LogP contribution in [0.1, 0.15) is 53.5 Å². The van der Waals surface area contributed by atoms with Gasteiger partial charge < -0.3 is 21.1 Å². The molecular formula is C24H28N4O3. The van der Waals surface area contributed by atoms with E-state index in [0.29, 0.717) is 30.2 Å². The third-order valence-electron chi connectivity index (χ3n) is 6.23. The van der Waals surface area contributed by atoms with Crippen molar-refractivity contribution in [2.75, 3.05) is 6.54 Å². The molecule has 5 N–H and O–H groups in total. The number of imidazole rings is 1. The number of hydrogen-bond donors (Lipinski definition) is 4. The number of hydrogen-bond acceptors (Lipinski definition) is 4. The number of benzene rings is 2. The van der Waals surface area contributed by atoms with Crippen LogP contribution in [0.4, 0.5) is 0 Å². The number of nitrogens with two attached hydrogens (primary N) is 1. The van der Waals surface area contributed by atoms with Gasteiger partial charge in [0.1, 0.15) is 5.82 Å². The van der Waals surface area contributed by atoms with Crippen molar-refractivity contribution < 1.29 is 14.7 Å². The summed E-state index contributed by atoms with van der Waals surface area (Å²) in [6.07, 6.45) is 4.28. The highest BCUT2D eigenvalue weighted by molar-refractivity contribution is 5.92. The number of carboxylic acid groups (broad SMARTS) is 1. The lowest BCUT2D eigenvalue weighted by Gasteiger charge is -2.28. The van der Waals surface area contributed by atoms with Crippen LogP contribution in [0.25, 0.3) is 11.0 Å². The van der Waals surface area contributed by atoms with E-state index < -0.39 is 5.97 Å². The molecule has 4 rings (SSSR count). The van der Waals surface area contributed by atoms with Gasteiger partial charge in [0.05, 0.1) is 22.6 Å². The minimum atomic E-state index is -0.992. The zero-order chi connectivity index (χ0) is 21.8. The summed E-state index contributed by atoms with van der Waals surface area (Å²) in [5.74, 6) is 0.189. The van der Waals surface area contributed by atoms with Gasteiger partial charge in [-0.3, -0.25) is 4.79 Å². The number of H-pyrrole nitrogens is 1. The second-order valence-electron chi connectivity index (χ2n) is 8.36. The van der Waals surface area contributed by atoms with Crippen LogP contribution in [0.15, 0.2) is 48.5 Å². The number of nitrogens with one attached hydrogen (secondary N) is 2. The van der Waals surface area contributed by atoms with Gasteiger partial charge in [0.15, 0.2) is 0 Å². The molecular weight excluding hydrogens is 392 g/mol. The molecule has 3 aromatic rings. The molecule has 1 saturated carbocycles. The molecule has 7 heteroatoms. The second kappa shape index (κ2) is 9.31. The number of amides is 1. The minimum Gasteiger partial charge on any atom is -0.478 e. The van der Waals surface area contributed by atoms with Crippen molar-refractivity contribution in [2.45, 2.75) is 38.1 Å². The molecule has 0 unspecified atom stereocenters. The molecule has 1 heterocycles. The molecule has 0 bridgehead atoms. The lowest BCUT2D eigenvalue weighted by molar-refractivity contribution is -0.127. The summed E-state index contributed by atoms with van der Waals surface area (Å²) in [7, 11) is 0. The van der Waals surface area contributed by atoms with Gasteiger partial charge in [0.25, 0.3) is 0 Å². The van der Waals surface area contributed by atoms with E-state index in [1.54, 1.807) is 18.2 Å². The van der Waals surface area contributed by atoms with E-state index in [-0.39, 0.29) is 23.4 Å². The van der Waals surface area contributed by atoms with Crippen LogP contribution in [-0.2, 0) is 11.2 Å². The molecule has 0 saturated heterocycles. The highest BCUT2D eigenvalue weighted by Gasteiger charge is 2.28. The van der Waals surface area contributed by atoms with Crippen LogP contribution in [0.3, 0.4) is 0 Å². The maximum atomic E-state index is 13.1. The van der Waals surface area contributed by atoms with Gasteiger partial charge in [-0.25, -0.2) is 9.78 Å². The molecule has 1 amide bonds. The van der Waals surface area contributed by atoms with Crippen molar-refractivity contribution in [3.63, 3.8) is 0 Å². The fourth-order valence-corrected chi connectivity index (χ4v) is 4.34. The average molecular weight is 421 g/mol. The normalized spacial score (nSPS) is 19.8. The maximum absolute atomic E-state index is 13.1. The van der Waals surface area contributed by atoms with Crippen LogP contribution >= 0.6 is 0 Å². The second-order valence-corrected chi connectivity index (χ2v) is 8.36. The third kappa shape index (κ3) is 4.94. The Labute approximate surface area is 181 Å². The summed E-state index contributed by atoms with van der Waals surface area (Å²) < 4.78 is 0. The summed E-state index contributed by atoms with van der Waals surface area (Å²) in [6, 6.07) is 14.4. The number of fused-ring (bicyclic) bond motifs is 1. The number of aromatic carboxylic acids is 1. The molecule has 1 atom stereocenters. The minimum absolute atomic E-state index is 0.0101. The topological polar surface area (TPSA) is 121 Å². The maximum Gasteiger partial charge on any atom is 0.335 e. The first-order valence-corrected chi connectivity index (χ1v) is 10.8. The quantitative estimate of drug-likeness (QED) is 0.467. The summed E-state index contributed by atoms with van der Waals surface area (Å²) in [4.78, 5) is 32.2. The summed E-state index contributed by atoms with van der Waals surface area (Å²) in [5.41, 5.74) is 8.38. The molecule has 0 spiro atoms. The Hall–Kier alpha value is -3.19. The molecule has 1 fully saturated rings. The molecule has 2 aromatic carbocycles. The van der Waals surface area contributed by atoms with Gasteiger partial charge in [-0.15, -0.1) is 0 Å². The highest BCUT2D eigenvalue weighted by atomic mass is 16.4. The SMILES string of the molecule is NC[C@H]1CC[C@H](C(=O)N[C@@H](Cc2ccccc2)c2nc3cc(C(=O)O)ccc3[nH]2)CC1. The molecule has 7 nitrogen and oxygen atoms in total. The van der Waals surface area contributed by atoms with Crippen molar-refractivity contribution in [1.82, 2.24) is 15.3 Å². The Morgan fingerprint density at radius 1 is 1.13 bits per heavy atom. The highest BCUT2D eigenvalue weighted by Crippen LogP contribution is 2.29. The third-order valence-corrected chi connectivity index (χ3v) is 6.23. The Kier molecular flexibility index (Phi) is 6.32. The lowest BCUT2D eigenvalue weighted by Crippen LogP contribution is -2.37. The van der Waals surface area contributed by atoms with Gasteiger partial charge in [0, 0.05) is 5.92 Å². The number of nitrogens with zero attached hydrogens (tertiary/aromatic N) is 1. The van der Waals surface area contributed by atoms with E-state index in [0.717, 1.165) is 36.8 Å². The first-order valence-electron chi connectivity index (χ1n) is 10.8. The average Bonchev–Trinajstić information content (AvgIpc) is 3.22. The van der Waals surface area contributed by atoms with Crippen LogP contribution in [0, 0.1) is 11.8 Å². The van der Waals surface area contributed by atoms with Crippen LogP contribution in [0.5, 0.6) is 0 Å². The smallest absolute Gasteiger partial charge is 0.335 e. The van der Waals surface area contributed by atoms with Crippen molar-refractivity contribution in [3.8, 4) is 0 Å². The number of aromatic nitrogens is 2. The van der Waals surface area contributed by atoms with E-state index in [1.807, 2.05) is 30.3 Å². The molecule has 31 heavy (non-hydrogen) atoms. The Bertz CT molecular complexity index is 1060. The fraction of sp³-hybridized carbons (Fsp3) is 0.375. The van der Waals surface area contributed by atoms with E-state index in [1.165, 1.54) is 0 Å². The largest absolute Gasteiger partial charge is 0.478 e. The Morgan fingerprint density at radius 3 is 2.55 bits per heavy atom. The van der Waals surface area contributed by atoms with Gasteiger partial charge in [-0.05, 0) is 68.3 Å². The summed E-state index contributed by atoms with van der Waals surface area (Å²) >= 11 is 0. The molecule has 0 aliphatic heterocycles. The monoisotopic (exact) mass is 420 g/mol. The van der Waals surface area contributed by atoms with E-state index in [9.17, 15) is 14.7 Å². The number of carbonyl (C=O) groups excluding carboxylic acids is 1. The first kappa shape index (κ1) is 21.1. The molecule has 1 aliphatic carbocycles. The number of aromatic amines is 1. The van der Waals surface area contributed by atoms with Crippen molar-refractivity contribution >= 4 is 22.9 Å². The lowest BCUT2D eigenvalue weighted by atomic mass is 9.81. The van der Waals surface area contributed by atoms with Crippen LogP contribution in [-0.4, -0.2) is 33.5 Å². The fourth-order valence-electron chi connectivity index (χ4n) is 4.34. The van der Waals surface area contributed by atoms with Crippen LogP contribution < -0.4 is 11.1 Å². The molecule has 1 aromatic heterocycles. The Balaban J connectivity index is 1.57. The number of rotatable bonds is 7. The van der Waals surface area contributed by atoms with Crippen molar-refractivity contribution in [3.05, 3.63) is 65.5 Å². The molecule has 162 valence electrons.